The Bertz CT molecular complexity index is 411. The van der Waals surface area contributed by atoms with Crippen LogP contribution in [0.25, 0.3) is 0 Å². The summed E-state index contributed by atoms with van der Waals surface area (Å²) in [5.41, 5.74) is 2.77. The summed E-state index contributed by atoms with van der Waals surface area (Å²) < 4.78 is 0. The Kier molecular flexibility index (Phi) is 2.83. The molecule has 2 nitrogen and oxygen atoms in total. The van der Waals surface area contributed by atoms with E-state index in [9.17, 15) is 5.11 Å². The third-order valence-corrected chi connectivity index (χ3v) is 4.19. The van der Waals surface area contributed by atoms with Crippen molar-refractivity contribution >= 4 is 0 Å². The highest BCUT2D eigenvalue weighted by molar-refractivity contribution is 5.36. The molecule has 0 amide bonds. The number of nitrogens with zero attached hydrogens (tertiary/aromatic N) is 1. The second-order valence-corrected chi connectivity index (χ2v) is 5.69. The van der Waals surface area contributed by atoms with Gasteiger partial charge in [-0.2, -0.15) is 0 Å². The van der Waals surface area contributed by atoms with Crippen LogP contribution in [0.5, 0.6) is 5.75 Å². The predicted octanol–water partition coefficient (Wildman–Crippen LogP) is 2.59. The number of fused-ring (bicyclic) bond motifs is 1. The van der Waals surface area contributed by atoms with Gasteiger partial charge in [0.25, 0.3) is 0 Å². The number of phenols is 1. The molecule has 1 atom stereocenters. The van der Waals surface area contributed by atoms with E-state index in [1.807, 2.05) is 12.1 Å². The lowest BCUT2D eigenvalue weighted by Gasteiger charge is -2.26. The van der Waals surface area contributed by atoms with E-state index in [0.29, 0.717) is 11.8 Å². The van der Waals surface area contributed by atoms with Crippen molar-refractivity contribution in [3.8, 4) is 5.75 Å². The van der Waals surface area contributed by atoms with Gasteiger partial charge in [-0.25, -0.2) is 0 Å². The molecular weight excluding hydrogens is 210 g/mol. The second-order valence-electron chi connectivity index (χ2n) is 5.69. The summed E-state index contributed by atoms with van der Waals surface area (Å²) in [6.07, 6.45) is 5.07. The molecule has 1 N–H and O–H groups in total. The second kappa shape index (κ2) is 4.34. The zero-order valence-corrected chi connectivity index (χ0v) is 10.5. The number of benzene rings is 1. The van der Waals surface area contributed by atoms with E-state index < -0.39 is 0 Å². The zero-order chi connectivity index (χ0) is 11.8. The Hall–Kier alpha value is -1.02. The highest BCUT2D eigenvalue weighted by Gasteiger charge is 2.28. The fourth-order valence-corrected chi connectivity index (χ4v) is 2.88. The average molecular weight is 231 g/mol. The molecule has 92 valence electrons. The molecule has 1 unspecified atom stereocenters. The van der Waals surface area contributed by atoms with Gasteiger partial charge in [0.15, 0.2) is 0 Å². The van der Waals surface area contributed by atoms with Crippen LogP contribution in [0.15, 0.2) is 18.2 Å². The van der Waals surface area contributed by atoms with E-state index in [1.165, 1.54) is 37.1 Å². The fraction of sp³-hybridized carbons (Fsp3) is 0.600. The van der Waals surface area contributed by atoms with Crippen LogP contribution >= 0.6 is 0 Å². The average Bonchev–Trinajstić information content (AvgIpc) is 3.09. The van der Waals surface area contributed by atoms with Crippen molar-refractivity contribution in [2.45, 2.75) is 38.6 Å². The molecule has 1 fully saturated rings. The maximum absolute atomic E-state index is 9.57. The quantitative estimate of drug-likeness (QED) is 0.845. The molecule has 0 bridgehead atoms. The summed E-state index contributed by atoms with van der Waals surface area (Å²) in [7, 11) is 0. The lowest BCUT2D eigenvalue weighted by Crippen LogP contribution is -2.36. The molecule has 2 heteroatoms. The lowest BCUT2D eigenvalue weighted by molar-refractivity contribution is 0.207. The number of aromatic hydroxyl groups is 1. The normalized spacial score (nSPS) is 25.4. The van der Waals surface area contributed by atoms with E-state index in [2.05, 4.69) is 17.9 Å². The number of rotatable bonds is 2. The molecule has 1 aromatic carbocycles. The molecule has 1 saturated carbocycles. The van der Waals surface area contributed by atoms with Crippen LogP contribution in [0, 0.1) is 5.92 Å². The van der Waals surface area contributed by atoms with Gasteiger partial charge in [-0.3, -0.25) is 4.90 Å². The SMILES string of the molecule is CC1Cc2cc(O)ccc2CCN1CC1CC1. The van der Waals surface area contributed by atoms with Gasteiger partial charge in [-0.1, -0.05) is 6.07 Å². The Labute approximate surface area is 103 Å². The first-order chi connectivity index (χ1) is 8.22. The van der Waals surface area contributed by atoms with Crippen molar-refractivity contribution < 1.29 is 5.11 Å². The van der Waals surface area contributed by atoms with Crippen molar-refractivity contribution in [3.05, 3.63) is 29.3 Å². The van der Waals surface area contributed by atoms with Gasteiger partial charge in [0, 0.05) is 19.1 Å². The van der Waals surface area contributed by atoms with Gasteiger partial charge in [0.1, 0.15) is 5.75 Å². The zero-order valence-electron chi connectivity index (χ0n) is 10.5. The van der Waals surface area contributed by atoms with Crippen molar-refractivity contribution in [2.24, 2.45) is 5.92 Å². The Morgan fingerprint density at radius 2 is 2.12 bits per heavy atom. The van der Waals surface area contributed by atoms with Gasteiger partial charge in [-0.15, -0.1) is 0 Å². The van der Waals surface area contributed by atoms with E-state index in [4.69, 9.17) is 0 Å². The van der Waals surface area contributed by atoms with Crippen LogP contribution in [-0.2, 0) is 12.8 Å². The van der Waals surface area contributed by atoms with Crippen LogP contribution < -0.4 is 0 Å². The van der Waals surface area contributed by atoms with Gasteiger partial charge in [-0.05, 0) is 61.8 Å². The smallest absolute Gasteiger partial charge is 0.115 e. The lowest BCUT2D eigenvalue weighted by atomic mass is 10.0. The van der Waals surface area contributed by atoms with Crippen LogP contribution in [0.3, 0.4) is 0 Å². The molecular formula is C15H21NO. The van der Waals surface area contributed by atoms with Crippen molar-refractivity contribution in [1.82, 2.24) is 4.90 Å². The maximum atomic E-state index is 9.57. The highest BCUT2D eigenvalue weighted by Crippen LogP contribution is 2.32. The predicted molar refractivity (Wildman–Crippen MR) is 69.3 cm³/mol. The maximum Gasteiger partial charge on any atom is 0.115 e. The number of phenolic OH excluding ortho intramolecular Hbond substituents is 1. The van der Waals surface area contributed by atoms with Crippen LogP contribution in [0.2, 0.25) is 0 Å². The van der Waals surface area contributed by atoms with Gasteiger partial charge >= 0.3 is 0 Å². The molecule has 3 rings (SSSR count). The van der Waals surface area contributed by atoms with Crippen LogP contribution in [-0.4, -0.2) is 29.1 Å². The van der Waals surface area contributed by atoms with E-state index in [-0.39, 0.29) is 0 Å². The summed E-state index contributed by atoms with van der Waals surface area (Å²) in [4.78, 5) is 2.63. The highest BCUT2D eigenvalue weighted by atomic mass is 16.3. The Morgan fingerprint density at radius 1 is 1.29 bits per heavy atom. The van der Waals surface area contributed by atoms with Gasteiger partial charge in [0.05, 0.1) is 0 Å². The van der Waals surface area contributed by atoms with Crippen molar-refractivity contribution in [2.75, 3.05) is 13.1 Å². The van der Waals surface area contributed by atoms with E-state index in [0.717, 1.165) is 18.8 Å². The third-order valence-electron chi connectivity index (χ3n) is 4.19. The topological polar surface area (TPSA) is 23.5 Å². The first-order valence-corrected chi connectivity index (χ1v) is 6.77. The molecule has 0 spiro atoms. The monoisotopic (exact) mass is 231 g/mol. The summed E-state index contributed by atoms with van der Waals surface area (Å²) in [5, 5.41) is 9.57. The molecule has 17 heavy (non-hydrogen) atoms. The summed E-state index contributed by atoms with van der Waals surface area (Å²) in [6.45, 7) is 4.78. The minimum atomic E-state index is 0.409. The number of hydrogen-bond donors (Lipinski definition) is 1. The van der Waals surface area contributed by atoms with Gasteiger partial charge < -0.3 is 5.11 Å². The van der Waals surface area contributed by atoms with E-state index in [1.54, 1.807) is 0 Å². The van der Waals surface area contributed by atoms with Gasteiger partial charge in [0.2, 0.25) is 0 Å². The van der Waals surface area contributed by atoms with Crippen LogP contribution in [0.4, 0.5) is 0 Å². The molecule has 2 aliphatic rings. The van der Waals surface area contributed by atoms with Crippen LogP contribution in [0.1, 0.15) is 30.9 Å². The summed E-state index contributed by atoms with van der Waals surface area (Å²) in [6, 6.07) is 6.48. The Balaban J connectivity index is 1.77. The van der Waals surface area contributed by atoms with Crippen molar-refractivity contribution in [3.63, 3.8) is 0 Å². The van der Waals surface area contributed by atoms with E-state index >= 15 is 0 Å². The molecule has 1 aliphatic carbocycles. The summed E-state index contributed by atoms with van der Waals surface area (Å²) >= 11 is 0. The fourth-order valence-electron chi connectivity index (χ4n) is 2.88. The molecule has 1 aromatic rings. The molecule has 1 aliphatic heterocycles. The summed E-state index contributed by atoms with van der Waals surface area (Å²) in [5.74, 6) is 1.37. The third kappa shape index (κ3) is 2.47. The largest absolute Gasteiger partial charge is 0.508 e. The molecule has 0 aromatic heterocycles. The molecule has 0 radical (unpaired) electrons. The minimum absolute atomic E-state index is 0.409. The first kappa shape index (κ1) is 11.1. The first-order valence-electron chi connectivity index (χ1n) is 6.77. The number of hydrogen-bond acceptors (Lipinski definition) is 2. The standard InChI is InChI=1S/C15H21NO/c1-11-8-14-9-15(17)5-4-13(14)6-7-16(11)10-12-2-3-12/h4-5,9,11-12,17H,2-3,6-8,10H2,1H3. The minimum Gasteiger partial charge on any atom is -0.508 e. The molecule has 1 heterocycles. The Morgan fingerprint density at radius 3 is 2.88 bits per heavy atom. The molecule has 0 saturated heterocycles. The van der Waals surface area contributed by atoms with Crippen molar-refractivity contribution in [1.29, 1.82) is 0 Å².